The molecule has 1 aliphatic heterocycles. The van der Waals surface area contributed by atoms with Crippen molar-refractivity contribution in [1.82, 2.24) is 19.5 Å². The largest absolute Gasteiger partial charge is 0.358 e. The minimum atomic E-state index is -3.45. The highest BCUT2D eigenvalue weighted by molar-refractivity contribution is 7.90. The van der Waals surface area contributed by atoms with E-state index >= 15 is 0 Å². The maximum Gasteiger partial charge on any atom is 0.177 e. The molecule has 0 spiro atoms. The fourth-order valence-corrected chi connectivity index (χ4v) is 5.41. The van der Waals surface area contributed by atoms with Gasteiger partial charge in [-0.25, -0.2) is 23.4 Å². The highest BCUT2D eigenvalue weighted by atomic mass is 32.2. The minimum absolute atomic E-state index is 0.148. The first-order valence-electron chi connectivity index (χ1n) is 11.8. The van der Waals surface area contributed by atoms with E-state index < -0.39 is 9.84 Å². The lowest BCUT2D eigenvalue weighted by molar-refractivity contribution is -0.0309. The summed E-state index contributed by atoms with van der Waals surface area (Å²) in [6.07, 6.45) is 10.0. The number of terminal acetylenes is 1. The number of nitrogens with zero attached hydrogens (tertiary/aromatic N) is 4. The summed E-state index contributed by atoms with van der Waals surface area (Å²) < 4.78 is 33.0. The zero-order chi connectivity index (χ0) is 25.3. The van der Waals surface area contributed by atoms with E-state index in [9.17, 15) is 8.42 Å². The fraction of sp³-hybridized carbons (Fsp3) is 0.296. The summed E-state index contributed by atoms with van der Waals surface area (Å²) in [6.45, 7) is 2.63. The third-order valence-corrected chi connectivity index (χ3v) is 7.35. The molecular weight excluding hydrogens is 474 g/mol. The van der Waals surface area contributed by atoms with Crippen LogP contribution in [0.5, 0.6) is 0 Å². The standard InChI is InChI=1S/C27H27N5O3S/c1-4-19-10-9-11-20(29-19)16-21-17-23(31-22-12-5-6-13-24(22)36(3,33)34)26-27(30-21)32(18(2)28-26)25-14-7-8-15-35-25/h1,5-6,9-13,17,25H,7-8,14-16H2,2-3H3,(H,30,31). The van der Waals surface area contributed by atoms with Crippen molar-refractivity contribution in [3.8, 4) is 12.3 Å². The molecule has 1 fully saturated rings. The van der Waals surface area contributed by atoms with E-state index in [1.54, 1.807) is 30.3 Å². The normalized spacial score (nSPS) is 16.1. The van der Waals surface area contributed by atoms with Gasteiger partial charge in [0.25, 0.3) is 0 Å². The lowest BCUT2D eigenvalue weighted by Gasteiger charge is -2.25. The van der Waals surface area contributed by atoms with Crippen LogP contribution in [0.2, 0.25) is 0 Å². The lowest BCUT2D eigenvalue weighted by Crippen LogP contribution is -2.19. The van der Waals surface area contributed by atoms with Gasteiger partial charge in [0.1, 0.15) is 23.3 Å². The Morgan fingerprint density at radius 1 is 1.08 bits per heavy atom. The van der Waals surface area contributed by atoms with Crippen molar-refractivity contribution in [3.05, 3.63) is 71.4 Å². The Bertz CT molecular complexity index is 1580. The van der Waals surface area contributed by atoms with Gasteiger partial charge in [0.2, 0.25) is 0 Å². The summed E-state index contributed by atoms with van der Waals surface area (Å²) in [4.78, 5) is 14.5. The van der Waals surface area contributed by atoms with E-state index in [4.69, 9.17) is 21.1 Å². The Hall–Kier alpha value is -3.74. The van der Waals surface area contributed by atoms with Crippen LogP contribution in [0, 0.1) is 19.3 Å². The molecule has 1 aliphatic rings. The molecule has 1 atom stereocenters. The monoisotopic (exact) mass is 501 g/mol. The molecule has 0 amide bonds. The molecule has 8 nitrogen and oxygen atoms in total. The van der Waals surface area contributed by atoms with Crippen molar-refractivity contribution in [2.24, 2.45) is 0 Å². The van der Waals surface area contributed by atoms with Gasteiger partial charge < -0.3 is 10.1 Å². The van der Waals surface area contributed by atoms with Crippen molar-refractivity contribution in [3.63, 3.8) is 0 Å². The van der Waals surface area contributed by atoms with Crippen LogP contribution >= 0.6 is 0 Å². The molecule has 4 aromatic rings. The van der Waals surface area contributed by atoms with E-state index in [1.807, 2.05) is 29.7 Å². The second-order valence-corrected chi connectivity index (χ2v) is 10.9. The summed E-state index contributed by atoms with van der Waals surface area (Å²) in [5, 5.41) is 3.33. The zero-order valence-corrected chi connectivity index (χ0v) is 21.0. The molecule has 3 aromatic heterocycles. The summed E-state index contributed by atoms with van der Waals surface area (Å²) in [5.74, 6) is 3.36. The summed E-state index contributed by atoms with van der Waals surface area (Å²) in [5.41, 5.74) is 4.58. The zero-order valence-electron chi connectivity index (χ0n) is 20.2. The maximum absolute atomic E-state index is 12.4. The smallest absolute Gasteiger partial charge is 0.177 e. The van der Waals surface area contributed by atoms with Gasteiger partial charge in [-0.2, -0.15) is 0 Å². The maximum atomic E-state index is 12.4. The number of benzene rings is 1. The number of pyridine rings is 2. The molecule has 1 saturated heterocycles. The molecule has 36 heavy (non-hydrogen) atoms. The number of anilines is 2. The third-order valence-electron chi connectivity index (χ3n) is 6.19. The Labute approximate surface area is 210 Å². The summed E-state index contributed by atoms with van der Waals surface area (Å²) in [7, 11) is -3.45. The second kappa shape index (κ2) is 9.72. The number of hydrogen-bond acceptors (Lipinski definition) is 7. The molecule has 0 bridgehead atoms. The quantitative estimate of drug-likeness (QED) is 0.387. The Morgan fingerprint density at radius 2 is 1.92 bits per heavy atom. The number of aryl methyl sites for hydroxylation is 1. The molecule has 1 aromatic carbocycles. The molecule has 1 unspecified atom stereocenters. The first-order chi connectivity index (χ1) is 17.3. The van der Waals surface area contributed by atoms with E-state index in [1.165, 1.54) is 6.26 Å². The van der Waals surface area contributed by atoms with Crippen molar-refractivity contribution >= 4 is 32.4 Å². The van der Waals surface area contributed by atoms with Gasteiger partial charge in [-0.1, -0.05) is 24.1 Å². The third kappa shape index (κ3) is 4.83. The number of rotatable bonds is 6. The first kappa shape index (κ1) is 24.0. The van der Waals surface area contributed by atoms with E-state index in [-0.39, 0.29) is 11.1 Å². The average Bonchev–Trinajstić information content (AvgIpc) is 3.20. The predicted molar refractivity (Wildman–Crippen MR) is 139 cm³/mol. The Kier molecular flexibility index (Phi) is 6.48. The van der Waals surface area contributed by atoms with Gasteiger partial charge in [-0.3, -0.25) is 4.57 Å². The molecule has 0 radical (unpaired) electrons. The molecule has 4 heterocycles. The number of aromatic nitrogens is 4. The summed E-state index contributed by atoms with van der Waals surface area (Å²) >= 11 is 0. The number of imidazole rings is 1. The van der Waals surface area contributed by atoms with Gasteiger partial charge in [-0.05, 0) is 56.5 Å². The molecule has 1 N–H and O–H groups in total. The van der Waals surface area contributed by atoms with Gasteiger partial charge in [-0.15, -0.1) is 6.42 Å². The fourth-order valence-electron chi connectivity index (χ4n) is 4.56. The Balaban J connectivity index is 1.66. The van der Waals surface area contributed by atoms with Crippen molar-refractivity contribution < 1.29 is 13.2 Å². The van der Waals surface area contributed by atoms with Crippen molar-refractivity contribution in [2.45, 2.75) is 43.7 Å². The van der Waals surface area contributed by atoms with Crippen LogP contribution in [0.15, 0.2) is 53.4 Å². The highest BCUT2D eigenvalue weighted by Gasteiger charge is 2.24. The van der Waals surface area contributed by atoms with Crippen LogP contribution in [0.4, 0.5) is 11.4 Å². The topological polar surface area (TPSA) is 99.0 Å². The van der Waals surface area contributed by atoms with Crippen LogP contribution < -0.4 is 5.32 Å². The SMILES string of the molecule is C#Cc1cccc(Cc2cc(Nc3ccccc3S(C)(=O)=O)c3nc(C)n(C4CCCCO4)c3n2)n1. The van der Waals surface area contributed by atoms with Crippen molar-refractivity contribution in [1.29, 1.82) is 0 Å². The van der Waals surface area contributed by atoms with Crippen LogP contribution in [0.3, 0.4) is 0 Å². The molecule has 0 aliphatic carbocycles. The molecular formula is C27H27N5O3S. The Morgan fingerprint density at radius 3 is 2.67 bits per heavy atom. The van der Waals surface area contributed by atoms with E-state index in [2.05, 4.69) is 16.2 Å². The van der Waals surface area contributed by atoms with Crippen LogP contribution in [0.25, 0.3) is 11.2 Å². The highest BCUT2D eigenvalue weighted by Crippen LogP contribution is 2.34. The number of hydrogen-bond donors (Lipinski definition) is 1. The first-order valence-corrected chi connectivity index (χ1v) is 13.7. The van der Waals surface area contributed by atoms with Crippen LogP contribution in [-0.2, 0) is 21.0 Å². The van der Waals surface area contributed by atoms with Gasteiger partial charge >= 0.3 is 0 Å². The predicted octanol–water partition coefficient (Wildman–Crippen LogP) is 4.55. The van der Waals surface area contributed by atoms with Crippen molar-refractivity contribution in [2.75, 3.05) is 18.2 Å². The second-order valence-electron chi connectivity index (χ2n) is 8.91. The van der Waals surface area contributed by atoms with E-state index in [0.29, 0.717) is 41.3 Å². The molecule has 5 rings (SSSR count). The van der Waals surface area contributed by atoms with Crippen LogP contribution in [-0.4, -0.2) is 40.8 Å². The molecule has 184 valence electrons. The van der Waals surface area contributed by atoms with Gasteiger partial charge in [0, 0.05) is 25.0 Å². The number of nitrogens with one attached hydrogen (secondary N) is 1. The average molecular weight is 502 g/mol. The molecule has 9 heteroatoms. The van der Waals surface area contributed by atoms with E-state index in [0.717, 1.165) is 36.5 Å². The van der Waals surface area contributed by atoms with Crippen LogP contribution in [0.1, 0.15) is 48.4 Å². The molecule has 0 saturated carbocycles. The number of fused-ring (bicyclic) bond motifs is 1. The number of ether oxygens (including phenoxy) is 1. The number of para-hydroxylation sites is 1. The summed E-state index contributed by atoms with van der Waals surface area (Å²) in [6, 6.07) is 14.3. The minimum Gasteiger partial charge on any atom is -0.358 e. The van der Waals surface area contributed by atoms with Gasteiger partial charge in [0.05, 0.1) is 22.0 Å². The lowest BCUT2D eigenvalue weighted by atomic mass is 10.1. The number of sulfone groups is 1. The van der Waals surface area contributed by atoms with Gasteiger partial charge in [0.15, 0.2) is 15.5 Å².